The van der Waals surface area contributed by atoms with Crippen molar-refractivity contribution in [2.24, 2.45) is 5.92 Å². The molecule has 0 amide bonds. The van der Waals surface area contributed by atoms with Gasteiger partial charge in [0.15, 0.2) is 5.79 Å². The van der Waals surface area contributed by atoms with Crippen molar-refractivity contribution in [2.75, 3.05) is 6.61 Å². The summed E-state index contributed by atoms with van der Waals surface area (Å²) in [5, 5.41) is 8.87. The quantitative estimate of drug-likeness (QED) is 0.724. The summed E-state index contributed by atoms with van der Waals surface area (Å²) in [4.78, 5) is 10.8. The second-order valence-electron chi connectivity index (χ2n) is 3.72. The molecule has 2 atom stereocenters. The van der Waals surface area contributed by atoms with E-state index in [-0.39, 0.29) is 6.10 Å². The Morgan fingerprint density at radius 1 is 1.69 bits per heavy atom. The Hall–Kier alpha value is -0.610. The molecule has 1 N–H and O–H groups in total. The van der Waals surface area contributed by atoms with Crippen LogP contribution in [0.4, 0.5) is 0 Å². The fourth-order valence-corrected chi connectivity index (χ4v) is 1.51. The SMILES string of the molecule is CCC(C(=O)O)[C@H]1COC(C)(C)O1. The zero-order valence-corrected chi connectivity index (χ0v) is 8.24. The molecule has 4 heteroatoms. The molecule has 0 spiro atoms. The first-order valence-corrected chi connectivity index (χ1v) is 4.51. The third-order valence-electron chi connectivity index (χ3n) is 2.24. The van der Waals surface area contributed by atoms with E-state index in [4.69, 9.17) is 14.6 Å². The monoisotopic (exact) mass is 188 g/mol. The zero-order chi connectivity index (χ0) is 10.1. The maximum atomic E-state index is 10.8. The minimum Gasteiger partial charge on any atom is -0.481 e. The summed E-state index contributed by atoms with van der Waals surface area (Å²) in [5.41, 5.74) is 0. The van der Waals surface area contributed by atoms with Gasteiger partial charge in [-0.2, -0.15) is 0 Å². The van der Waals surface area contributed by atoms with Crippen LogP contribution in [-0.2, 0) is 14.3 Å². The first-order chi connectivity index (χ1) is 5.96. The molecule has 13 heavy (non-hydrogen) atoms. The van der Waals surface area contributed by atoms with Gasteiger partial charge in [0, 0.05) is 0 Å². The van der Waals surface area contributed by atoms with Gasteiger partial charge < -0.3 is 14.6 Å². The number of carboxylic acids is 1. The summed E-state index contributed by atoms with van der Waals surface area (Å²) >= 11 is 0. The number of aliphatic carboxylic acids is 1. The first-order valence-electron chi connectivity index (χ1n) is 4.51. The minimum atomic E-state index is -0.811. The fraction of sp³-hybridized carbons (Fsp3) is 0.889. The second-order valence-corrected chi connectivity index (χ2v) is 3.72. The fourth-order valence-electron chi connectivity index (χ4n) is 1.51. The highest BCUT2D eigenvalue weighted by molar-refractivity contribution is 5.70. The molecular weight excluding hydrogens is 172 g/mol. The van der Waals surface area contributed by atoms with Crippen LogP contribution >= 0.6 is 0 Å². The van der Waals surface area contributed by atoms with Gasteiger partial charge in [0.25, 0.3) is 0 Å². The van der Waals surface area contributed by atoms with Crippen molar-refractivity contribution in [3.63, 3.8) is 0 Å². The summed E-state index contributed by atoms with van der Waals surface area (Å²) in [7, 11) is 0. The average Bonchev–Trinajstić information content (AvgIpc) is 2.31. The van der Waals surface area contributed by atoms with Gasteiger partial charge in [0.1, 0.15) is 0 Å². The molecule has 1 aliphatic rings. The first kappa shape index (κ1) is 10.5. The minimum absolute atomic E-state index is 0.308. The van der Waals surface area contributed by atoms with E-state index in [0.717, 1.165) is 0 Å². The van der Waals surface area contributed by atoms with Crippen LogP contribution < -0.4 is 0 Å². The maximum absolute atomic E-state index is 10.8. The van der Waals surface area contributed by atoms with Gasteiger partial charge >= 0.3 is 5.97 Å². The Morgan fingerprint density at radius 2 is 2.31 bits per heavy atom. The van der Waals surface area contributed by atoms with Crippen molar-refractivity contribution in [1.29, 1.82) is 0 Å². The van der Waals surface area contributed by atoms with E-state index in [1.54, 1.807) is 13.8 Å². The van der Waals surface area contributed by atoms with Crippen molar-refractivity contribution in [2.45, 2.75) is 39.1 Å². The van der Waals surface area contributed by atoms with Crippen molar-refractivity contribution < 1.29 is 19.4 Å². The van der Waals surface area contributed by atoms with E-state index >= 15 is 0 Å². The number of hydrogen-bond acceptors (Lipinski definition) is 3. The van der Waals surface area contributed by atoms with Crippen molar-refractivity contribution in [3.8, 4) is 0 Å². The normalized spacial score (nSPS) is 28.7. The van der Waals surface area contributed by atoms with Crippen molar-refractivity contribution in [3.05, 3.63) is 0 Å². The highest BCUT2D eigenvalue weighted by Crippen LogP contribution is 2.28. The van der Waals surface area contributed by atoms with Gasteiger partial charge in [0.2, 0.25) is 0 Å². The molecule has 1 heterocycles. The zero-order valence-electron chi connectivity index (χ0n) is 8.24. The van der Waals surface area contributed by atoms with Crippen LogP contribution in [0.25, 0.3) is 0 Å². The van der Waals surface area contributed by atoms with Crippen LogP contribution in [0.1, 0.15) is 27.2 Å². The lowest BCUT2D eigenvalue weighted by Gasteiger charge is -2.20. The topological polar surface area (TPSA) is 55.8 Å². The highest BCUT2D eigenvalue weighted by Gasteiger charge is 2.39. The molecule has 0 aromatic heterocycles. The molecule has 1 aliphatic heterocycles. The molecule has 0 aliphatic carbocycles. The molecule has 0 radical (unpaired) electrons. The van der Waals surface area contributed by atoms with E-state index in [1.165, 1.54) is 0 Å². The van der Waals surface area contributed by atoms with Gasteiger partial charge in [-0.25, -0.2) is 0 Å². The number of carbonyl (C=O) groups is 1. The van der Waals surface area contributed by atoms with Gasteiger partial charge in [-0.05, 0) is 20.3 Å². The molecule has 76 valence electrons. The number of hydrogen-bond donors (Lipinski definition) is 1. The molecule has 1 saturated heterocycles. The standard InChI is InChI=1S/C9H16O4/c1-4-6(8(10)11)7-5-12-9(2,3)13-7/h6-7H,4-5H2,1-3H3,(H,10,11)/t6?,7-/m1/s1. The smallest absolute Gasteiger partial charge is 0.309 e. The molecular formula is C9H16O4. The van der Waals surface area contributed by atoms with Gasteiger partial charge in [-0.3, -0.25) is 4.79 Å². The third-order valence-corrected chi connectivity index (χ3v) is 2.24. The maximum Gasteiger partial charge on any atom is 0.309 e. The van der Waals surface area contributed by atoms with Gasteiger partial charge in [0.05, 0.1) is 18.6 Å². The summed E-state index contributed by atoms with van der Waals surface area (Å²) < 4.78 is 10.8. The van der Waals surface area contributed by atoms with Crippen molar-refractivity contribution in [1.82, 2.24) is 0 Å². The molecule has 0 aromatic rings. The summed E-state index contributed by atoms with van der Waals surface area (Å²) in [6.45, 7) is 5.80. The van der Waals surface area contributed by atoms with E-state index in [1.807, 2.05) is 6.92 Å². The molecule has 1 unspecified atom stereocenters. The lowest BCUT2D eigenvalue weighted by atomic mass is 10.0. The number of ether oxygens (including phenoxy) is 2. The lowest BCUT2D eigenvalue weighted by Crippen LogP contribution is -2.31. The highest BCUT2D eigenvalue weighted by atomic mass is 16.7. The van der Waals surface area contributed by atoms with Crippen LogP contribution in [0.3, 0.4) is 0 Å². The van der Waals surface area contributed by atoms with Crippen LogP contribution in [0.5, 0.6) is 0 Å². The van der Waals surface area contributed by atoms with E-state index in [2.05, 4.69) is 0 Å². The van der Waals surface area contributed by atoms with Crippen LogP contribution in [0.2, 0.25) is 0 Å². The van der Waals surface area contributed by atoms with E-state index in [9.17, 15) is 4.79 Å². The Kier molecular flexibility index (Phi) is 2.93. The van der Waals surface area contributed by atoms with Crippen LogP contribution in [0.15, 0.2) is 0 Å². The van der Waals surface area contributed by atoms with E-state index in [0.29, 0.717) is 13.0 Å². The molecule has 0 saturated carbocycles. The summed E-state index contributed by atoms with van der Waals surface area (Å²) in [6.07, 6.45) is 0.261. The van der Waals surface area contributed by atoms with Gasteiger partial charge in [-0.15, -0.1) is 0 Å². The van der Waals surface area contributed by atoms with Crippen LogP contribution in [0, 0.1) is 5.92 Å². The van der Waals surface area contributed by atoms with Crippen molar-refractivity contribution >= 4 is 5.97 Å². The Balaban J connectivity index is 2.58. The largest absolute Gasteiger partial charge is 0.481 e. The number of carboxylic acid groups (broad SMARTS) is 1. The Morgan fingerprint density at radius 3 is 2.62 bits per heavy atom. The molecule has 1 rings (SSSR count). The average molecular weight is 188 g/mol. The molecule has 0 bridgehead atoms. The lowest BCUT2D eigenvalue weighted by molar-refractivity contribution is -0.159. The molecule has 4 nitrogen and oxygen atoms in total. The van der Waals surface area contributed by atoms with Gasteiger partial charge in [-0.1, -0.05) is 6.92 Å². The third kappa shape index (κ3) is 2.42. The summed E-state index contributed by atoms with van der Waals surface area (Å²) in [5.74, 6) is -1.90. The van der Waals surface area contributed by atoms with Crippen LogP contribution in [-0.4, -0.2) is 29.6 Å². The Bertz CT molecular complexity index is 200. The molecule has 1 fully saturated rings. The number of rotatable bonds is 3. The summed E-state index contributed by atoms with van der Waals surface area (Å²) in [6, 6.07) is 0. The van der Waals surface area contributed by atoms with E-state index < -0.39 is 17.7 Å². The predicted molar refractivity (Wildman–Crippen MR) is 46.3 cm³/mol. The Labute approximate surface area is 77.8 Å². The molecule has 0 aromatic carbocycles. The second kappa shape index (κ2) is 3.64. The predicted octanol–water partition coefficient (Wildman–Crippen LogP) is 1.25.